The van der Waals surface area contributed by atoms with Crippen LogP contribution in [0.25, 0.3) is 0 Å². The molecule has 1 aromatic rings. The van der Waals surface area contributed by atoms with Crippen LogP contribution in [0, 0.1) is 11.3 Å². The van der Waals surface area contributed by atoms with Crippen LogP contribution in [0.2, 0.25) is 0 Å². The number of halogens is 7. The lowest BCUT2D eigenvalue weighted by atomic mass is 10.1. The zero-order chi connectivity index (χ0) is 15.7. The van der Waals surface area contributed by atoms with Crippen LogP contribution in [-0.2, 0) is 11.0 Å². The van der Waals surface area contributed by atoms with Gasteiger partial charge in [-0.1, -0.05) is 0 Å². The van der Waals surface area contributed by atoms with Crippen molar-refractivity contribution in [3.05, 3.63) is 27.7 Å². The summed E-state index contributed by atoms with van der Waals surface area (Å²) in [6.45, 7) is 0. The number of rotatable bonds is 1. The van der Waals surface area contributed by atoms with E-state index < -0.39 is 35.1 Å². The minimum atomic E-state index is -5.24. The van der Waals surface area contributed by atoms with Crippen LogP contribution in [0.4, 0.5) is 32.0 Å². The molecule has 108 valence electrons. The SMILES string of the molecule is N#Cc1cc(Br)c(NC(=O)C(F)(F)F)cc1C(F)(F)F. The van der Waals surface area contributed by atoms with E-state index in [-0.39, 0.29) is 10.5 Å². The number of hydrogen-bond acceptors (Lipinski definition) is 2. The summed E-state index contributed by atoms with van der Waals surface area (Å²) in [4.78, 5) is 10.7. The van der Waals surface area contributed by atoms with Crippen molar-refractivity contribution in [3.63, 3.8) is 0 Å². The summed E-state index contributed by atoms with van der Waals surface area (Å²) < 4.78 is 73.7. The first kappa shape index (κ1) is 16.3. The molecule has 0 aliphatic rings. The lowest BCUT2D eigenvalue weighted by Gasteiger charge is -2.14. The number of amides is 1. The van der Waals surface area contributed by atoms with Gasteiger partial charge in [0.15, 0.2) is 0 Å². The van der Waals surface area contributed by atoms with Crippen LogP contribution in [0.1, 0.15) is 11.1 Å². The highest BCUT2D eigenvalue weighted by molar-refractivity contribution is 9.10. The van der Waals surface area contributed by atoms with Crippen LogP contribution in [0.15, 0.2) is 16.6 Å². The highest BCUT2D eigenvalue weighted by Gasteiger charge is 2.40. The fourth-order valence-corrected chi connectivity index (χ4v) is 1.63. The molecule has 10 heteroatoms. The van der Waals surface area contributed by atoms with E-state index in [0.29, 0.717) is 6.07 Å². The molecule has 1 rings (SSSR count). The molecule has 0 unspecified atom stereocenters. The first-order valence-corrected chi connectivity index (χ1v) is 5.45. The Kier molecular flexibility index (Phi) is 4.33. The van der Waals surface area contributed by atoms with Crippen LogP contribution in [0.3, 0.4) is 0 Å². The number of nitrogens with zero attached hydrogens (tertiary/aromatic N) is 1. The van der Waals surface area contributed by atoms with Crippen molar-refractivity contribution < 1.29 is 31.1 Å². The molecule has 0 aromatic heterocycles. The minimum Gasteiger partial charge on any atom is -0.317 e. The van der Waals surface area contributed by atoms with Gasteiger partial charge in [-0.25, -0.2) is 0 Å². The molecule has 0 aliphatic heterocycles. The number of nitrogens with one attached hydrogen (secondary N) is 1. The Bertz CT molecular complexity index is 587. The van der Waals surface area contributed by atoms with E-state index in [1.807, 2.05) is 0 Å². The highest BCUT2D eigenvalue weighted by Crippen LogP contribution is 2.37. The molecule has 20 heavy (non-hydrogen) atoms. The molecular formula is C10H3BrF6N2O. The molecule has 0 saturated carbocycles. The van der Waals surface area contributed by atoms with E-state index in [9.17, 15) is 31.1 Å². The highest BCUT2D eigenvalue weighted by atomic mass is 79.9. The first-order chi connectivity index (χ1) is 8.96. The topological polar surface area (TPSA) is 52.9 Å². The molecule has 0 fully saturated rings. The average Bonchev–Trinajstić information content (AvgIpc) is 2.28. The van der Waals surface area contributed by atoms with E-state index in [2.05, 4.69) is 15.9 Å². The van der Waals surface area contributed by atoms with Crippen LogP contribution < -0.4 is 5.32 Å². The second-order valence-corrected chi connectivity index (χ2v) is 4.29. The van der Waals surface area contributed by atoms with Crippen LogP contribution >= 0.6 is 15.9 Å². The molecule has 0 heterocycles. The average molecular weight is 361 g/mol. The van der Waals surface area contributed by atoms with Crippen molar-refractivity contribution in [2.45, 2.75) is 12.4 Å². The van der Waals surface area contributed by atoms with Gasteiger partial charge in [-0.15, -0.1) is 0 Å². The summed E-state index contributed by atoms with van der Waals surface area (Å²) in [5.74, 6) is -2.42. The normalized spacial score (nSPS) is 11.9. The van der Waals surface area contributed by atoms with E-state index in [1.165, 1.54) is 11.4 Å². The number of alkyl halides is 6. The van der Waals surface area contributed by atoms with Gasteiger partial charge in [-0.3, -0.25) is 4.79 Å². The third kappa shape index (κ3) is 3.63. The molecular weight excluding hydrogens is 358 g/mol. The van der Waals surface area contributed by atoms with Gasteiger partial charge in [0.1, 0.15) is 0 Å². The van der Waals surface area contributed by atoms with Crippen LogP contribution in [-0.4, -0.2) is 12.1 Å². The van der Waals surface area contributed by atoms with E-state index in [1.54, 1.807) is 0 Å². The summed E-state index contributed by atoms with van der Waals surface area (Å²) in [7, 11) is 0. The predicted molar refractivity (Wildman–Crippen MR) is 58.5 cm³/mol. The molecule has 1 aromatic carbocycles. The maximum Gasteiger partial charge on any atom is 0.471 e. The largest absolute Gasteiger partial charge is 0.471 e. The third-order valence-corrected chi connectivity index (χ3v) is 2.69. The molecule has 0 radical (unpaired) electrons. The second-order valence-electron chi connectivity index (χ2n) is 3.44. The van der Waals surface area contributed by atoms with E-state index in [0.717, 1.165) is 0 Å². The summed E-state index contributed by atoms with van der Waals surface area (Å²) in [6, 6.07) is 2.20. The molecule has 3 nitrogen and oxygen atoms in total. The van der Waals surface area contributed by atoms with Gasteiger partial charge < -0.3 is 5.32 Å². The first-order valence-electron chi connectivity index (χ1n) is 4.66. The van der Waals surface area contributed by atoms with Crippen molar-refractivity contribution in [2.24, 2.45) is 0 Å². The summed E-state index contributed by atoms with van der Waals surface area (Å²) in [6.07, 6.45) is -10.2. The Hall–Kier alpha value is -1.76. The number of carbonyl (C=O) groups is 1. The van der Waals surface area contributed by atoms with Gasteiger partial charge in [0, 0.05) is 4.47 Å². The van der Waals surface area contributed by atoms with Crippen molar-refractivity contribution >= 4 is 27.5 Å². The fourth-order valence-electron chi connectivity index (χ4n) is 1.19. The van der Waals surface area contributed by atoms with Crippen molar-refractivity contribution in [2.75, 3.05) is 5.32 Å². The number of carbonyl (C=O) groups excluding carboxylic acids is 1. The molecule has 1 amide bonds. The standard InChI is InChI=1S/C10H3BrF6N2O/c11-6-1-4(3-18)5(9(12,13)14)2-7(6)19-8(20)10(15,16)17/h1-2H,(H,19,20). The number of nitriles is 1. The van der Waals surface area contributed by atoms with E-state index >= 15 is 0 Å². The summed E-state index contributed by atoms with van der Waals surface area (Å²) in [5, 5.41) is 9.86. The number of hydrogen-bond donors (Lipinski definition) is 1. The Morgan fingerprint density at radius 2 is 1.75 bits per heavy atom. The van der Waals surface area contributed by atoms with Crippen molar-refractivity contribution in [1.82, 2.24) is 0 Å². The Labute approximate surface area is 116 Å². The lowest BCUT2D eigenvalue weighted by molar-refractivity contribution is -0.167. The van der Waals surface area contributed by atoms with Crippen molar-refractivity contribution in [1.29, 1.82) is 5.26 Å². The quantitative estimate of drug-likeness (QED) is 0.773. The van der Waals surface area contributed by atoms with Gasteiger partial charge in [0.25, 0.3) is 0 Å². The van der Waals surface area contributed by atoms with Gasteiger partial charge in [-0.05, 0) is 28.1 Å². The lowest BCUT2D eigenvalue weighted by Crippen LogP contribution is -2.30. The smallest absolute Gasteiger partial charge is 0.317 e. The molecule has 0 saturated heterocycles. The van der Waals surface area contributed by atoms with E-state index in [4.69, 9.17) is 5.26 Å². The van der Waals surface area contributed by atoms with Gasteiger partial charge in [0.2, 0.25) is 0 Å². The molecule has 0 atom stereocenters. The maximum atomic E-state index is 12.6. The predicted octanol–water partition coefficient (Wildman–Crippen LogP) is 3.84. The zero-order valence-corrected chi connectivity index (χ0v) is 10.7. The maximum absolute atomic E-state index is 12.6. The number of benzene rings is 1. The molecule has 0 spiro atoms. The summed E-state index contributed by atoms with van der Waals surface area (Å²) in [5.41, 5.74) is -2.96. The Balaban J connectivity index is 3.31. The Morgan fingerprint density at radius 1 is 1.20 bits per heavy atom. The van der Waals surface area contributed by atoms with Gasteiger partial charge in [0.05, 0.1) is 22.9 Å². The monoisotopic (exact) mass is 360 g/mol. The number of anilines is 1. The van der Waals surface area contributed by atoms with Crippen molar-refractivity contribution in [3.8, 4) is 6.07 Å². The molecule has 0 bridgehead atoms. The third-order valence-electron chi connectivity index (χ3n) is 2.04. The Morgan fingerprint density at radius 3 is 2.15 bits per heavy atom. The molecule has 0 aliphatic carbocycles. The fraction of sp³-hybridized carbons (Fsp3) is 0.200. The van der Waals surface area contributed by atoms with Gasteiger partial charge >= 0.3 is 18.3 Å². The van der Waals surface area contributed by atoms with Gasteiger partial charge in [-0.2, -0.15) is 31.6 Å². The molecule has 1 N–H and O–H groups in total. The second kappa shape index (κ2) is 5.32. The summed E-state index contributed by atoms with van der Waals surface area (Å²) >= 11 is 2.68. The zero-order valence-electron chi connectivity index (χ0n) is 9.16. The van der Waals surface area contributed by atoms with Crippen LogP contribution in [0.5, 0.6) is 0 Å². The minimum absolute atomic E-state index is 0.256.